The van der Waals surface area contributed by atoms with Crippen molar-refractivity contribution in [3.63, 3.8) is 0 Å². The Morgan fingerprint density at radius 2 is 2.30 bits per heavy atom. The van der Waals surface area contributed by atoms with Crippen LogP contribution in [0.25, 0.3) is 10.9 Å². The number of nitriles is 1. The number of aryl methyl sites for hydroxylation is 1. The van der Waals surface area contributed by atoms with Crippen LogP contribution in [0.4, 0.5) is 0 Å². The van der Waals surface area contributed by atoms with Crippen molar-refractivity contribution in [1.82, 2.24) is 15.2 Å². The van der Waals surface area contributed by atoms with Gasteiger partial charge >= 0.3 is 0 Å². The smallest absolute Gasteiger partial charge is 0.253 e. The highest BCUT2D eigenvalue weighted by Crippen LogP contribution is 2.19. The van der Waals surface area contributed by atoms with Crippen LogP contribution >= 0.6 is 0 Å². The molecule has 23 heavy (non-hydrogen) atoms. The highest BCUT2D eigenvalue weighted by Gasteiger charge is 2.28. The SMILES string of the molecule is Cc1ccc2c(C(=O)NCC(=O)N3CCCC3C#N)c[nH]c2c1. The van der Waals surface area contributed by atoms with Gasteiger partial charge in [-0.1, -0.05) is 12.1 Å². The Bertz CT molecular complexity index is 803. The van der Waals surface area contributed by atoms with E-state index in [4.69, 9.17) is 5.26 Å². The number of nitrogens with zero attached hydrogens (tertiary/aromatic N) is 2. The minimum atomic E-state index is -0.365. The van der Waals surface area contributed by atoms with Gasteiger partial charge < -0.3 is 15.2 Å². The lowest BCUT2D eigenvalue weighted by Gasteiger charge is -2.19. The van der Waals surface area contributed by atoms with Crippen LogP contribution < -0.4 is 5.32 Å². The third kappa shape index (κ3) is 2.90. The molecule has 6 nitrogen and oxygen atoms in total. The molecule has 6 heteroatoms. The highest BCUT2D eigenvalue weighted by molar-refractivity contribution is 6.07. The van der Waals surface area contributed by atoms with Crippen molar-refractivity contribution in [1.29, 1.82) is 5.26 Å². The van der Waals surface area contributed by atoms with Gasteiger partial charge in [0, 0.05) is 23.6 Å². The molecule has 1 saturated heterocycles. The second-order valence-electron chi connectivity index (χ2n) is 5.81. The summed E-state index contributed by atoms with van der Waals surface area (Å²) in [6.45, 7) is 2.48. The molecule has 0 aliphatic carbocycles. The third-order valence-electron chi connectivity index (χ3n) is 4.20. The summed E-state index contributed by atoms with van der Waals surface area (Å²) >= 11 is 0. The van der Waals surface area contributed by atoms with Gasteiger partial charge in [0.05, 0.1) is 18.2 Å². The van der Waals surface area contributed by atoms with Gasteiger partial charge in [-0.2, -0.15) is 5.26 Å². The lowest BCUT2D eigenvalue weighted by Crippen LogP contribution is -2.42. The fourth-order valence-electron chi connectivity index (χ4n) is 2.98. The number of carbonyl (C=O) groups excluding carboxylic acids is 2. The summed E-state index contributed by atoms with van der Waals surface area (Å²) in [7, 11) is 0. The normalized spacial score (nSPS) is 17.2. The number of hydrogen-bond donors (Lipinski definition) is 2. The zero-order valence-electron chi connectivity index (χ0n) is 12.9. The Morgan fingerprint density at radius 1 is 1.48 bits per heavy atom. The number of rotatable bonds is 3. The predicted molar refractivity (Wildman–Crippen MR) is 85.7 cm³/mol. The first-order valence-electron chi connectivity index (χ1n) is 7.65. The standard InChI is InChI=1S/C17H18N4O2/c1-11-4-5-13-14(9-19-15(13)7-11)17(23)20-10-16(22)21-6-2-3-12(21)8-18/h4-5,7,9,12,19H,2-3,6,10H2,1H3,(H,20,23). The van der Waals surface area contributed by atoms with Crippen molar-refractivity contribution < 1.29 is 9.59 Å². The summed E-state index contributed by atoms with van der Waals surface area (Å²) in [5.74, 6) is -0.501. The molecule has 2 aromatic rings. The summed E-state index contributed by atoms with van der Waals surface area (Å²) in [5, 5.41) is 12.5. The first kappa shape index (κ1) is 15.1. The third-order valence-corrected chi connectivity index (χ3v) is 4.20. The molecule has 0 radical (unpaired) electrons. The fraction of sp³-hybridized carbons (Fsp3) is 0.353. The Kier molecular flexibility index (Phi) is 4.02. The van der Waals surface area contributed by atoms with Crippen molar-refractivity contribution in [2.24, 2.45) is 0 Å². The number of nitrogens with one attached hydrogen (secondary N) is 2. The summed E-state index contributed by atoms with van der Waals surface area (Å²) in [6.07, 6.45) is 3.19. The van der Waals surface area contributed by atoms with Crippen molar-refractivity contribution in [3.05, 3.63) is 35.5 Å². The number of fused-ring (bicyclic) bond motifs is 1. The summed E-state index contributed by atoms with van der Waals surface area (Å²) in [6, 6.07) is 7.57. The van der Waals surface area contributed by atoms with Crippen LogP contribution in [0.2, 0.25) is 0 Å². The van der Waals surface area contributed by atoms with Crippen LogP contribution in [0.3, 0.4) is 0 Å². The van der Waals surface area contributed by atoms with Crippen LogP contribution in [0.15, 0.2) is 24.4 Å². The van der Waals surface area contributed by atoms with E-state index < -0.39 is 0 Å². The van der Waals surface area contributed by atoms with Gasteiger partial charge in [-0.25, -0.2) is 0 Å². The van der Waals surface area contributed by atoms with Crippen LogP contribution in [-0.4, -0.2) is 40.8 Å². The van der Waals surface area contributed by atoms with E-state index >= 15 is 0 Å². The highest BCUT2D eigenvalue weighted by atomic mass is 16.2. The number of benzene rings is 1. The van der Waals surface area contributed by atoms with E-state index in [2.05, 4.69) is 16.4 Å². The summed E-state index contributed by atoms with van der Waals surface area (Å²) in [5.41, 5.74) is 2.52. The average molecular weight is 310 g/mol. The minimum absolute atomic E-state index is 0.0877. The van der Waals surface area contributed by atoms with Crippen molar-refractivity contribution in [2.75, 3.05) is 13.1 Å². The van der Waals surface area contributed by atoms with E-state index in [1.165, 1.54) is 0 Å². The van der Waals surface area contributed by atoms with E-state index in [9.17, 15) is 9.59 Å². The van der Waals surface area contributed by atoms with E-state index in [1.807, 2.05) is 25.1 Å². The number of likely N-dealkylation sites (tertiary alicyclic amines) is 1. The maximum atomic E-state index is 12.3. The number of hydrogen-bond acceptors (Lipinski definition) is 3. The van der Waals surface area contributed by atoms with Gasteiger partial charge in [-0.3, -0.25) is 9.59 Å². The topological polar surface area (TPSA) is 89.0 Å². The number of aromatic nitrogens is 1. The largest absolute Gasteiger partial charge is 0.360 e. The van der Waals surface area contributed by atoms with Crippen LogP contribution in [0.1, 0.15) is 28.8 Å². The zero-order valence-corrected chi connectivity index (χ0v) is 12.9. The fourth-order valence-corrected chi connectivity index (χ4v) is 2.98. The maximum absolute atomic E-state index is 12.3. The number of amides is 2. The predicted octanol–water partition coefficient (Wildman–Crippen LogP) is 1.72. The lowest BCUT2D eigenvalue weighted by atomic mass is 10.1. The molecule has 2 heterocycles. The molecule has 1 aliphatic heterocycles. The van der Waals surface area contributed by atoms with E-state index in [1.54, 1.807) is 11.1 Å². The number of aromatic amines is 1. The van der Waals surface area contributed by atoms with Crippen molar-refractivity contribution in [2.45, 2.75) is 25.8 Å². The molecule has 1 aliphatic rings. The molecule has 1 aromatic heterocycles. The second-order valence-corrected chi connectivity index (χ2v) is 5.81. The Hall–Kier alpha value is -2.81. The second kappa shape index (κ2) is 6.13. The lowest BCUT2D eigenvalue weighted by molar-refractivity contribution is -0.130. The van der Waals surface area contributed by atoms with Crippen molar-refractivity contribution in [3.8, 4) is 6.07 Å². The molecule has 2 N–H and O–H groups in total. The first-order valence-corrected chi connectivity index (χ1v) is 7.65. The van der Waals surface area contributed by atoms with Crippen LogP contribution in [0, 0.1) is 18.3 Å². The number of carbonyl (C=O) groups is 2. The quantitative estimate of drug-likeness (QED) is 0.904. The van der Waals surface area contributed by atoms with E-state index in [0.717, 1.165) is 22.9 Å². The molecule has 0 bridgehead atoms. The molecule has 3 rings (SSSR count). The monoisotopic (exact) mass is 310 g/mol. The molecule has 0 spiro atoms. The zero-order chi connectivity index (χ0) is 16.4. The molecule has 1 aromatic carbocycles. The summed E-state index contributed by atoms with van der Waals surface area (Å²) in [4.78, 5) is 29.1. The van der Waals surface area contributed by atoms with Gasteiger partial charge in [0.1, 0.15) is 6.04 Å². The van der Waals surface area contributed by atoms with Crippen LogP contribution in [0.5, 0.6) is 0 Å². The molecule has 1 atom stereocenters. The number of H-pyrrole nitrogens is 1. The van der Waals surface area contributed by atoms with Gasteiger partial charge in [0.25, 0.3) is 5.91 Å². The molecule has 1 unspecified atom stereocenters. The Morgan fingerprint density at radius 3 is 3.09 bits per heavy atom. The Labute approximate surface area is 134 Å². The molecule has 118 valence electrons. The van der Waals surface area contributed by atoms with E-state index in [0.29, 0.717) is 18.5 Å². The van der Waals surface area contributed by atoms with Gasteiger partial charge in [0.15, 0.2) is 0 Å². The molecule has 2 amide bonds. The van der Waals surface area contributed by atoms with E-state index in [-0.39, 0.29) is 24.4 Å². The molecule has 1 fully saturated rings. The molecule has 0 saturated carbocycles. The first-order chi connectivity index (χ1) is 11.1. The average Bonchev–Trinajstić information content (AvgIpc) is 3.18. The van der Waals surface area contributed by atoms with Crippen LogP contribution in [-0.2, 0) is 4.79 Å². The van der Waals surface area contributed by atoms with Crippen molar-refractivity contribution >= 4 is 22.7 Å². The molecular weight excluding hydrogens is 292 g/mol. The molecular formula is C17H18N4O2. The Balaban J connectivity index is 1.67. The van der Waals surface area contributed by atoms with Gasteiger partial charge in [-0.15, -0.1) is 0 Å². The van der Waals surface area contributed by atoms with Gasteiger partial charge in [-0.05, 0) is 31.4 Å². The minimum Gasteiger partial charge on any atom is -0.360 e. The van der Waals surface area contributed by atoms with Gasteiger partial charge in [0.2, 0.25) is 5.91 Å². The maximum Gasteiger partial charge on any atom is 0.253 e. The summed E-state index contributed by atoms with van der Waals surface area (Å²) < 4.78 is 0.